The molecule has 1 aliphatic heterocycles. The van der Waals surface area contributed by atoms with Crippen molar-refractivity contribution in [2.75, 3.05) is 31.1 Å². The summed E-state index contributed by atoms with van der Waals surface area (Å²) in [6.45, 7) is 0.688. The van der Waals surface area contributed by atoms with Crippen LogP contribution in [0.5, 0.6) is 0 Å². The lowest BCUT2D eigenvalue weighted by Crippen LogP contribution is -2.49. The molecule has 1 N–H and O–H groups in total. The fourth-order valence-electron chi connectivity index (χ4n) is 4.62. The molecule has 11 heteroatoms. The molecule has 5 rings (SSSR count). The van der Waals surface area contributed by atoms with E-state index in [2.05, 4.69) is 10.2 Å². The Labute approximate surface area is 213 Å². The molecule has 38 heavy (non-hydrogen) atoms. The van der Waals surface area contributed by atoms with Crippen LogP contribution in [0.3, 0.4) is 0 Å². The maximum atomic E-state index is 14.7. The van der Waals surface area contributed by atoms with Crippen molar-refractivity contribution in [1.29, 1.82) is 0 Å². The van der Waals surface area contributed by atoms with Gasteiger partial charge in [0.2, 0.25) is 0 Å². The fraction of sp³-hybridized carbons (Fsp3) is 0.222. The van der Waals surface area contributed by atoms with Crippen LogP contribution in [0.4, 0.5) is 27.6 Å². The Balaban J connectivity index is 1.35. The number of hydrogen-bond acceptors (Lipinski definition) is 4. The Morgan fingerprint density at radius 3 is 2.34 bits per heavy atom. The van der Waals surface area contributed by atoms with Crippen LogP contribution in [-0.4, -0.2) is 47.2 Å². The van der Waals surface area contributed by atoms with Crippen LogP contribution < -0.4 is 10.5 Å². The molecule has 1 amide bonds. The van der Waals surface area contributed by atoms with Crippen molar-refractivity contribution >= 4 is 22.4 Å². The molecule has 6 nitrogen and oxygen atoms in total. The fourth-order valence-corrected chi connectivity index (χ4v) is 4.62. The van der Waals surface area contributed by atoms with Gasteiger partial charge in [-0.2, -0.15) is 18.3 Å². The van der Waals surface area contributed by atoms with Gasteiger partial charge in [-0.3, -0.25) is 9.59 Å². The van der Waals surface area contributed by atoms with Crippen molar-refractivity contribution in [3.8, 4) is 0 Å². The van der Waals surface area contributed by atoms with E-state index >= 15 is 0 Å². The summed E-state index contributed by atoms with van der Waals surface area (Å²) in [7, 11) is 0. The van der Waals surface area contributed by atoms with E-state index in [9.17, 15) is 31.5 Å². The van der Waals surface area contributed by atoms with Crippen molar-refractivity contribution < 1.29 is 26.7 Å². The Kier molecular flexibility index (Phi) is 6.60. The minimum Gasteiger partial charge on any atom is -0.368 e. The summed E-state index contributed by atoms with van der Waals surface area (Å²) >= 11 is 0. The second kappa shape index (κ2) is 9.88. The molecule has 1 saturated heterocycles. The third kappa shape index (κ3) is 4.96. The summed E-state index contributed by atoms with van der Waals surface area (Å²) < 4.78 is 68.5. The Bertz CT molecular complexity index is 1580. The second-order valence-corrected chi connectivity index (χ2v) is 8.99. The molecule has 0 aliphatic carbocycles. The smallest absolute Gasteiger partial charge is 0.368 e. The number of aromatic nitrogens is 2. The van der Waals surface area contributed by atoms with Crippen LogP contribution in [0, 0.1) is 11.6 Å². The molecule has 0 saturated carbocycles. The maximum absolute atomic E-state index is 14.7. The number of fused-ring (bicyclic) bond motifs is 1. The molecular weight excluding hydrogens is 507 g/mol. The summed E-state index contributed by atoms with van der Waals surface area (Å²) in [5, 5.41) is 7.40. The van der Waals surface area contributed by atoms with Crippen molar-refractivity contribution in [2.45, 2.75) is 12.6 Å². The number of carbonyl (C=O) groups is 1. The topological polar surface area (TPSA) is 69.3 Å². The predicted octanol–water partition coefficient (Wildman–Crippen LogP) is 4.77. The zero-order chi connectivity index (χ0) is 27.0. The number of benzene rings is 3. The first-order chi connectivity index (χ1) is 18.1. The number of aromatic amines is 1. The van der Waals surface area contributed by atoms with Crippen LogP contribution in [0.2, 0.25) is 0 Å². The third-order valence-electron chi connectivity index (χ3n) is 6.57. The highest BCUT2D eigenvalue weighted by Crippen LogP contribution is 2.32. The SMILES string of the molecule is O=C(c1cc(Cc2n[nH]c(=O)c3ccccc23)cc(F)c1F)N1CCN(c2cccc(C(F)(F)F)c2)CC1. The van der Waals surface area contributed by atoms with Gasteiger partial charge in [0.15, 0.2) is 11.6 Å². The van der Waals surface area contributed by atoms with Gasteiger partial charge in [0.05, 0.1) is 22.2 Å². The molecule has 0 bridgehead atoms. The average Bonchev–Trinajstić information content (AvgIpc) is 2.91. The zero-order valence-electron chi connectivity index (χ0n) is 19.9. The number of halogens is 5. The summed E-state index contributed by atoms with van der Waals surface area (Å²) in [4.78, 5) is 28.3. The van der Waals surface area contributed by atoms with Crippen LogP contribution in [0.15, 0.2) is 65.5 Å². The number of anilines is 1. The molecule has 0 unspecified atom stereocenters. The number of nitrogens with one attached hydrogen (secondary N) is 1. The van der Waals surface area contributed by atoms with E-state index in [0.717, 1.165) is 18.2 Å². The van der Waals surface area contributed by atoms with Crippen molar-refractivity contribution in [1.82, 2.24) is 15.1 Å². The van der Waals surface area contributed by atoms with Gasteiger partial charge in [-0.05, 0) is 42.0 Å². The summed E-state index contributed by atoms with van der Waals surface area (Å²) in [5.41, 5.74) is -0.505. The first kappa shape index (κ1) is 25.4. The van der Waals surface area contributed by atoms with Gasteiger partial charge in [0.25, 0.3) is 11.5 Å². The molecule has 1 aromatic heterocycles. The van der Waals surface area contributed by atoms with Gasteiger partial charge in [-0.15, -0.1) is 0 Å². The molecule has 3 aromatic carbocycles. The molecule has 1 aliphatic rings. The van der Waals surface area contributed by atoms with Crippen LogP contribution in [0.1, 0.15) is 27.2 Å². The predicted molar refractivity (Wildman–Crippen MR) is 131 cm³/mol. The van der Waals surface area contributed by atoms with Gasteiger partial charge in [-0.1, -0.05) is 24.3 Å². The van der Waals surface area contributed by atoms with E-state index in [4.69, 9.17) is 0 Å². The minimum absolute atomic E-state index is 0.0398. The molecule has 196 valence electrons. The van der Waals surface area contributed by atoms with Gasteiger partial charge < -0.3 is 9.80 Å². The highest BCUT2D eigenvalue weighted by Gasteiger charge is 2.32. The lowest BCUT2D eigenvalue weighted by molar-refractivity contribution is -0.137. The van der Waals surface area contributed by atoms with Gasteiger partial charge in [0, 0.05) is 43.7 Å². The molecule has 0 spiro atoms. The molecule has 0 radical (unpaired) electrons. The van der Waals surface area contributed by atoms with E-state index in [1.165, 1.54) is 17.0 Å². The van der Waals surface area contributed by atoms with Crippen molar-refractivity contribution in [3.63, 3.8) is 0 Å². The Hall–Kier alpha value is -4.28. The number of carbonyl (C=O) groups excluding carboxylic acids is 1. The highest BCUT2D eigenvalue weighted by molar-refractivity contribution is 5.95. The maximum Gasteiger partial charge on any atom is 0.416 e. The quantitative estimate of drug-likeness (QED) is 0.388. The number of piperazine rings is 1. The largest absolute Gasteiger partial charge is 0.416 e. The molecular formula is C27H21F5N4O2. The van der Waals surface area contributed by atoms with E-state index in [1.807, 2.05) is 0 Å². The van der Waals surface area contributed by atoms with Crippen molar-refractivity contribution in [2.24, 2.45) is 0 Å². The summed E-state index contributed by atoms with van der Waals surface area (Å²) in [5.74, 6) is -3.19. The molecule has 4 aromatic rings. The Morgan fingerprint density at radius 1 is 0.921 bits per heavy atom. The van der Waals surface area contributed by atoms with Gasteiger partial charge >= 0.3 is 6.18 Å². The first-order valence-electron chi connectivity index (χ1n) is 11.8. The zero-order valence-corrected chi connectivity index (χ0v) is 19.9. The lowest BCUT2D eigenvalue weighted by atomic mass is 10.0. The number of alkyl halides is 3. The Morgan fingerprint density at radius 2 is 1.63 bits per heavy atom. The van der Waals surface area contributed by atoms with Gasteiger partial charge in [0.1, 0.15) is 0 Å². The lowest BCUT2D eigenvalue weighted by Gasteiger charge is -2.36. The number of H-pyrrole nitrogens is 1. The van der Waals surface area contributed by atoms with Gasteiger partial charge in [-0.25, -0.2) is 13.9 Å². The van der Waals surface area contributed by atoms with Crippen LogP contribution in [-0.2, 0) is 12.6 Å². The van der Waals surface area contributed by atoms with E-state index in [-0.39, 0.29) is 38.2 Å². The molecule has 0 atom stereocenters. The number of nitrogens with zero attached hydrogens (tertiary/aromatic N) is 3. The standard InChI is InChI=1S/C27H21F5N4O2/c28-22-13-16(14-23-19-6-1-2-7-20(19)25(37)34-33-23)12-21(24(22)29)26(38)36-10-8-35(9-11-36)18-5-3-4-17(15-18)27(30,31)32/h1-7,12-13,15H,8-11,14H2,(H,34,37). The molecule has 1 fully saturated rings. The minimum atomic E-state index is -4.47. The normalized spacial score (nSPS) is 14.2. The second-order valence-electron chi connectivity index (χ2n) is 8.99. The van der Waals surface area contributed by atoms with Crippen LogP contribution in [0.25, 0.3) is 10.8 Å². The monoisotopic (exact) mass is 528 g/mol. The summed E-state index contributed by atoms with van der Waals surface area (Å²) in [6.07, 6.45) is -4.44. The molecule has 2 heterocycles. The average molecular weight is 528 g/mol. The van der Waals surface area contributed by atoms with E-state index < -0.39 is 34.8 Å². The number of amides is 1. The van der Waals surface area contributed by atoms with E-state index in [1.54, 1.807) is 35.2 Å². The first-order valence-corrected chi connectivity index (χ1v) is 11.8. The highest BCUT2D eigenvalue weighted by atomic mass is 19.4. The number of hydrogen-bond donors (Lipinski definition) is 1. The number of rotatable bonds is 4. The van der Waals surface area contributed by atoms with Crippen molar-refractivity contribution in [3.05, 3.63) is 105 Å². The summed E-state index contributed by atoms with van der Waals surface area (Å²) in [6, 6.07) is 13.9. The van der Waals surface area contributed by atoms with Crippen LogP contribution >= 0.6 is 0 Å². The third-order valence-corrected chi connectivity index (χ3v) is 6.57. The van der Waals surface area contributed by atoms with E-state index in [0.29, 0.717) is 27.7 Å².